The third kappa shape index (κ3) is 11.4. The van der Waals surface area contributed by atoms with Crippen LogP contribution in [0.4, 0.5) is 8.78 Å². The van der Waals surface area contributed by atoms with E-state index in [1.807, 2.05) is 11.4 Å². The topological polar surface area (TPSA) is 88.2 Å². The zero-order chi connectivity index (χ0) is 27.0. The minimum atomic E-state index is -0.914. The predicted molar refractivity (Wildman–Crippen MR) is 147 cm³/mol. The number of carboxylic acids is 1. The number of hydrogen-bond donors (Lipinski definition) is 3. The molecule has 37 heavy (non-hydrogen) atoms. The molecular formula is C29H33F2N3O2S. The van der Waals surface area contributed by atoms with E-state index in [1.54, 1.807) is 31.3 Å². The summed E-state index contributed by atoms with van der Waals surface area (Å²) < 4.78 is 24.4. The fourth-order valence-corrected chi connectivity index (χ4v) is 3.90. The number of nitrogens with zero attached hydrogens (tertiary/aromatic N) is 1. The van der Waals surface area contributed by atoms with E-state index in [2.05, 4.69) is 41.5 Å². The van der Waals surface area contributed by atoms with Crippen molar-refractivity contribution >= 4 is 17.3 Å². The van der Waals surface area contributed by atoms with Crippen LogP contribution < -0.4 is 11.1 Å². The van der Waals surface area contributed by atoms with Gasteiger partial charge in [0.1, 0.15) is 16.6 Å². The van der Waals surface area contributed by atoms with Crippen LogP contribution in [0.25, 0.3) is 10.6 Å². The fourth-order valence-electron chi connectivity index (χ4n) is 3.26. The highest BCUT2D eigenvalue weighted by Gasteiger charge is 2.05. The van der Waals surface area contributed by atoms with Crippen LogP contribution in [0.15, 0.2) is 78.3 Å². The number of halogens is 2. The first kappa shape index (κ1) is 29.8. The maximum absolute atomic E-state index is 12.2. The summed E-state index contributed by atoms with van der Waals surface area (Å²) >= 11 is 1.49. The summed E-state index contributed by atoms with van der Waals surface area (Å²) in [4.78, 5) is 14.8. The summed E-state index contributed by atoms with van der Waals surface area (Å²) in [6.45, 7) is 6.55. The molecule has 4 N–H and O–H groups in total. The van der Waals surface area contributed by atoms with Crippen molar-refractivity contribution < 1.29 is 18.7 Å². The van der Waals surface area contributed by atoms with Gasteiger partial charge in [-0.1, -0.05) is 43.3 Å². The van der Waals surface area contributed by atoms with Gasteiger partial charge < -0.3 is 16.2 Å². The monoisotopic (exact) mass is 525 g/mol. The van der Waals surface area contributed by atoms with Crippen molar-refractivity contribution in [1.29, 1.82) is 0 Å². The molecule has 0 amide bonds. The van der Waals surface area contributed by atoms with Gasteiger partial charge in [-0.05, 0) is 73.8 Å². The molecule has 8 heteroatoms. The van der Waals surface area contributed by atoms with Crippen LogP contribution in [0.2, 0.25) is 0 Å². The Morgan fingerprint density at radius 2 is 1.73 bits per heavy atom. The van der Waals surface area contributed by atoms with E-state index in [-0.39, 0.29) is 5.56 Å². The lowest BCUT2D eigenvalue weighted by molar-refractivity contribution is 0.0697. The van der Waals surface area contributed by atoms with Crippen molar-refractivity contribution in [2.24, 2.45) is 5.73 Å². The Bertz CT molecular complexity index is 1180. The highest BCUT2D eigenvalue weighted by Crippen LogP contribution is 2.22. The number of carbonyl (C=O) groups is 1. The van der Waals surface area contributed by atoms with Gasteiger partial charge in [-0.2, -0.15) is 0 Å². The van der Waals surface area contributed by atoms with Crippen LogP contribution in [0.3, 0.4) is 0 Å². The molecule has 0 unspecified atom stereocenters. The average Bonchev–Trinajstić information content (AvgIpc) is 3.42. The summed E-state index contributed by atoms with van der Waals surface area (Å²) in [6.07, 6.45) is 3.86. The second kappa shape index (κ2) is 16.3. The van der Waals surface area contributed by atoms with Gasteiger partial charge in [-0.3, -0.25) is 0 Å². The van der Waals surface area contributed by atoms with Gasteiger partial charge in [0.15, 0.2) is 0 Å². The average molecular weight is 526 g/mol. The van der Waals surface area contributed by atoms with Gasteiger partial charge >= 0.3 is 5.97 Å². The molecule has 0 saturated heterocycles. The first-order chi connectivity index (χ1) is 17.8. The third-order valence-electron chi connectivity index (χ3n) is 5.08. The molecule has 1 aromatic heterocycles. The molecule has 0 fully saturated rings. The van der Waals surface area contributed by atoms with Crippen molar-refractivity contribution in [1.82, 2.24) is 10.3 Å². The van der Waals surface area contributed by atoms with E-state index in [0.29, 0.717) is 5.56 Å². The Kier molecular flexibility index (Phi) is 13.1. The van der Waals surface area contributed by atoms with Crippen molar-refractivity contribution in [3.63, 3.8) is 0 Å². The highest BCUT2D eigenvalue weighted by atomic mass is 32.1. The molecule has 1 heterocycles. The first-order valence-corrected chi connectivity index (χ1v) is 12.8. The second-order valence-corrected chi connectivity index (χ2v) is 9.06. The molecule has 196 valence electrons. The number of nitrogens with two attached hydrogens (primary N) is 1. The number of aryl methyl sites for hydroxylation is 2. The number of benzene rings is 3. The number of hydrogen-bond acceptors (Lipinski definition) is 5. The maximum Gasteiger partial charge on any atom is 0.335 e. The summed E-state index contributed by atoms with van der Waals surface area (Å²) in [5, 5.41) is 14.9. The molecule has 0 atom stereocenters. The molecule has 0 radical (unpaired) electrons. The van der Waals surface area contributed by atoms with Crippen molar-refractivity contribution in [3.8, 4) is 10.6 Å². The molecule has 0 aliphatic heterocycles. The molecule has 4 aromatic rings. The summed E-state index contributed by atoms with van der Waals surface area (Å²) in [5.74, 6) is -1.96. The first-order valence-electron chi connectivity index (χ1n) is 12.0. The molecular weight excluding hydrogens is 492 g/mol. The van der Waals surface area contributed by atoms with E-state index in [9.17, 15) is 13.6 Å². The van der Waals surface area contributed by atoms with Gasteiger partial charge in [0.2, 0.25) is 0 Å². The van der Waals surface area contributed by atoms with E-state index in [0.717, 1.165) is 49.1 Å². The molecule has 0 aliphatic rings. The number of aromatic carboxylic acids is 1. The molecule has 0 spiro atoms. The van der Waals surface area contributed by atoms with Gasteiger partial charge in [0.05, 0.1) is 5.56 Å². The second-order valence-electron chi connectivity index (χ2n) is 8.16. The Morgan fingerprint density at radius 1 is 1.03 bits per heavy atom. The number of nitrogens with one attached hydrogen (secondary N) is 1. The predicted octanol–water partition coefficient (Wildman–Crippen LogP) is 6.47. The Balaban J connectivity index is 0.000000200. The Morgan fingerprint density at radius 3 is 2.32 bits per heavy atom. The van der Waals surface area contributed by atoms with Gasteiger partial charge in [0, 0.05) is 29.8 Å². The smallest absolute Gasteiger partial charge is 0.335 e. The van der Waals surface area contributed by atoms with Crippen molar-refractivity contribution in [2.45, 2.75) is 33.2 Å². The number of carboxylic acid groups (broad SMARTS) is 1. The lowest BCUT2D eigenvalue weighted by Crippen LogP contribution is -2.17. The Hall–Kier alpha value is -3.46. The van der Waals surface area contributed by atoms with Crippen molar-refractivity contribution in [2.75, 3.05) is 13.1 Å². The highest BCUT2D eigenvalue weighted by molar-refractivity contribution is 7.13. The molecule has 5 nitrogen and oxygen atoms in total. The molecule has 4 rings (SSSR count). The van der Waals surface area contributed by atoms with Gasteiger partial charge in [-0.25, -0.2) is 18.6 Å². The van der Waals surface area contributed by atoms with Crippen LogP contribution in [-0.4, -0.2) is 29.1 Å². The van der Waals surface area contributed by atoms with Crippen LogP contribution in [0.5, 0.6) is 0 Å². The quantitative estimate of drug-likeness (QED) is 0.230. The standard InChI is InChI=1S/C12H20N2.C10H7NO2S.C7H6F2/c1-2-11-5-3-6-12(9-11)10-14-8-4-7-13;12-10(13)8-3-1-2-7(6-8)9-11-4-5-14-9;1-5-2-6(8)4-7(9)3-5/h3,5-6,9,14H,2,4,7-8,10,13H2,1H3;1-6H,(H,12,13);2-4H,1H3. The summed E-state index contributed by atoms with van der Waals surface area (Å²) in [6, 6.07) is 18.9. The summed E-state index contributed by atoms with van der Waals surface area (Å²) in [7, 11) is 0. The van der Waals surface area contributed by atoms with E-state index >= 15 is 0 Å². The minimum absolute atomic E-state index is 0.290. The molecule has 3 aromatic carbocycles. The van der Waals surface area contributed by atoms with E-state index < -0.39 is 17.6 Å². The normalized spacial score (nSPS) is 10.1. The van der Waals surface area contributed by atoms with Crippen LogP contribution >= 0.6 is 11.3 Å². The SMILES string of the molecule is CCc1cccc(CNCCCN)c1.Cc1cc(F)cc(F)c1.O=C(O)c1cccc(-c2nccs2)c1. The van der Waals surface area contributed by atoms with Gasteiger partial charge in [0.25, 0.3) is 0 Å². The zero-order valence-corrected chi connectivity index (χ0v) is 21.9. The molecule has 0 bridgehead atoms. The van der Waals surface area contributed by atoms with E-state index in [4.69, 9.17) is 10.8 Å². The largest absolute Gasteiger partial charge is 0.478 e. The van der Waals surface area contributed by atoms with Crippen molar-refractivity contribution in [3.05, 3.63) is 112 Å². The molecule has 0 saturated carbocycles. The lowest BCUT2D eigenvalue weighted by atomic mass is 10.1. The fraction of sp³-hybridized carbons (Fsp3) is 0.241. The molecule has 0 aliphatic carbocycles. The number of thiazole rings is 1. The van der Waals surface area contributed by atoms with Crippen LogP contribution in [-0.2, 0) is 13.0 Å². The minimum Gasteiger partial charge on any atom is -0.478 e. The number of aromatic nitrogens is 1. The van der Waals surface area contributed by atoms with Crippen LogP contribution in [0, 0.1) is 18.6 Å². The maximum atomic E-state index is 12.2. The van der Waals surface area contributed by atoms with E-state index in [1.165, 1.54) is 34.6 Å². The zero-order valence-electron chi connectivity index (χ0n) is 21.1. The third-order valence-corrected chi connectivity index (χ3v) is 5.90. The van der Waals surface area contributed by atoms with Gasteiger partial charge in [-0.15, -0.1) is 11.3 Å². The van der Waals surface area contributed by atoms with Crippen LogP contribution in [0.1, 0.15) is 40.4 Å². The summed E-state index contributed by atoms with van der Waals surface area (Å²) in [5.41, 5.74) is 9.92. The lowest BCUT2D eigenvalue weighted by Gasteiger charge is -2.05. The Labute approximate surface area is 221 Å². The number of rotatable bonds is 8.